The molecule has 1 unspecified atom stereocenters. The van der Waals surface area contributed by atoms with Gasteiger partial charge in [-0.2, -0.15) is 5.10 Å². The van der Waals surface area contributed by atoms with E-state index in [2.05, 4.69) is 15.2 Å². The Morgan fingerprint density at radius 3 is 3.17 bits per heavy atom. The number of hydrogen-bond donors (Lipinski definition) is 2. The smallest absolute Gasteiger partial charge is 0.192 e. The molecule has 1 aliphatic rings. The molecule has 2 aromatic heterocycles. The molecule has 1 aliphatic carbocycles. The predicted molar refractivity (Wildman–Crippen MR) is 68.6 cm³/mol. The lowest BCUT2D eigenvalue weighted by atomic mass is 9.99. The Bertz CT molecular complexity index is 612. The number of rotatable bonds is 2. The van der Waals surface area contributed by atoms with Crippen LogP contribution in [0.15, 0.2) is 40.0 Å². The normalized spacial score (nSPS) is 19.6. The minimum absolute atomic E-state index is 0.132. The van der Waals surface area contributed by atoms with Crippen molar-refractivity contribution in [3.8, 4) is 11.6 Å². The fourth-order valence-electron chi connectivity index (χ4n) is 1.83. The summed E-state index contributed by atoms with van der Waals surface area (Å²) in [5.41, 5.74) is 6.84. The van der Waals surface area contributed by atoms with Crippen molar-refractivity contribution in [2.45, 2.75) is 12.5 Å². The van der Waals surface area contributed by atoms with Crippen molar-refractivity contribution in [1.82, 2.24) is 15.2 Å². The molecule has 0 fully saturated rings. The number of nitrogens with two attached hydrogens (primary N) is 1. The van der Waals surface area contributed by atoms with E-state index >= 15 is 0 Å². The molecule has 6 heteroatoms. The van der Waals surface area contributed by atoms with Crippen molar-refractivity contribution in [1.29, 1.82) is 0 Å². The van der Waals surface area contributed by atoms with Crippen LogP contribution in [-0.2, 0) is 0 Å². The molecule has 0 saturated carbocycles. The molecule has 0 radical (unpaired) electrons. The summed E-state index contributed by atoms with van der Waals surface area (Å²) < 4.78 is 5.25. The molecule has 2 heterocycles. The van der Waals surface area contributed by atoms with Gasteiger partial charge in [0.2, 0.25) is 0 Å². The average Bonchev–Trinajstić information content (AvgIpc) is 3.00. The topological polar surface area (TPSA) is 80.7 Å². The van der Waals surface area contributed by atoms with E-state index in [-0.39, 0.29) is 6.04 Å². The minimum atomic E-state index is -0.132. The zero-order valence-electron chi connectivity index (χ0n) is 9.43. The third-order valence-corrected chi connectivity index (χ3v) is 3.02. The van der Waals surface area contributed by atoms with Gasteiger partial charge in [0.15, 0.2) is 17.4 Å². The highest BCUT2D eigenvalue weighted by Crippen LogP contribution is 2.26. The molecule has 2 aromatic rings. The van der Waals surface area contributed by atoms with Crippen LogP contribution >= 0.6 is 11.6 Å². The Morgan fingerprint density at radius 1 is 1.50 bits per heavy atom. The third kappa shape index (κ3) is 1.98. The number of halogens is 1. The highest BCUT2D eigenvalue weighted by atomic mass is 35.5. The average molecular weight is 263 g/mol. The van der Waals surface area contributed by atoms with Gasteiger partial charge in [0.05, 0.1) is 6.26 Å². The number of aromatic amines is 1. The molecule has 3 N–H and O–H groups in total. The van der Waals surface area contributed by atoms with Crippen LogP contribution in [0.1, 0.15) is 12.2 Å². The van der Waals surface area contributed by atoms with Gasteiger partial charge in [-0.1, -0.05) is 17.7 Å². The highest BCUT2D eigenvalue weighted by Gasteiger charge is 2.19. The maximum Gasteiger partial charge on any atom is 0.192 e. The molecule has 0 saturated heterocycles. The fourth-order valence-corrected chi connectivity index (χ4v) is 2.03. The quantitative estimate of drug-likeness (QED) is 0.870. The van der Waals surface area contributed by atoms with Gasteiger partial charge in [0.1, 0.15) is 0 Å². The van der Waals surface area contributed by atoms with Gasteiger partial charge in [0, 0.05) is 16.6 Å². The second-order valence-electron chi connectivity index (χ2n) is 4.02. The molecule has 0 bridgehead atoms. The van der Waals surface area contributed by atoms with Gasteiger partial charge >= 0.3 is 0 Å². The summed E-state index contributed by atoms with van der Waals surface area (Å²) in [4.78, 5) is 4.37. The summed E-state index contributed by atoms with van der Waals surface area (Å²) in [6.45, 7) is 0. The molecule has 18 heavy (non-hydrogen) atoms. The Morgan fingerprint density at radius 2 is 2.39 bits per heavy atom. The first-order valence-electron chi connectivity index (χ1n) is 5.53. The summed E-state index contributed by atoms with van der Waals surface area (Å²) in [7, 11) is 0. The minimum Gasteiger partial charge on any atom is -0.461 e. The number of nitrogens with one attached hydrogen (secondary N) is 1. The first-order chi connectivity index (χ1) is 8.74. The van der Waals surface area contributed by atoms with Crippen LogP contribution < -0.4 is 5.73 Å². The van der Waals surface area contributed by atoms with Gasteiger partial charge in [-0.05, 0) is 24.6 Å². The van der Waals surface area contributed by atoms with Crippen LogP contribution in [0, 0.1) is 0 Å². The van der Waals surface area contributed by atoms with Crippen molar-refractivity contribution in [3.05, 3.63) is 41.4 Å². The second kappa shape index (κ2) is 4.44. The molecule has 3 rings (SSSR count). The standard InChI is InChI=1S/C12H11ClN4O/c13-7-3-4-9(14)8(6-7)11-15-12(17-16-11)10-2-1-5-18-10/h1-3,5-6,9H,4,14H2,(H,15,16,17). The third-order valence-electron chi connectivity index (χ3n) is 2.76. The SMILES string of the molecule is NC1CC=C(Cl)C=C1c1n[nH]c(-c2ccco2)n1. The number of furan rings is 1. The highest BCUT2D eigenvalue weighted by molar-refractivity contribution is 6.31. The molecule has 1 atom stereocenters. The predicted octanol–water partition coefficient (Wildman–Crippen LogP) is 2.30. The maximum absolute atomic E-state index is 6.01. The van der Waals surface area contributed by atoms with Gasteiger partial charge < -0.3 is 10.2 Å². The number of nitrogens with zero attached hydrogens (tertiary/aromatic N) is 2. The number of aromatic nitrogens is 3. The molecular weight excluding hydrogens is 252 g/mol. The Hall–Kier alpha value is -1.85. The molecule has 0 amide bonds. The van der Waals surface area contributed by atoms with E-state index in [9.17, 15) is 0 Å². The number of hydrogen-bond acceptors (Lipinski definition) is 4. The first-order valence-corrected chi connectivity index (χ1v) is 5.91. The van der Waals surface area contributed by atoms with Crippen molar-refractivity contribution in [2.75, 3.05) is 0 Å². The number of allylic oxidation sites excluding steroid dienone is 2. The summed E-state index contributed by atoms with van der Waals surface area (Å²) in [5, 5.41) is 7.64. The lowest BCUT2D eigenvalue weighted by molar-refractivity contribution is 0.577. The molecule has 5 nitrogen and oxygen atoms in total. The van der Waals surface area contributed by atoms with Gasteiger partial charge in [-0.15, -0.1) is 0 Å². The van der Waals surface area contributed by atoms with E-state index < -0.39 is 0 Å². The van der Waals surface area contributed by atoms with Crippen molar-refractivity contribution < 1.29 is 4.42 Å². The lowest BCUT2D eigenvalue weighted by Crippen LogP contribution is -2.23. The van der Waals surface area contributed by atoms with Gasteiger partial charge in [-0.3, -0.25) is 5.10 Å². The van der Waals surface area contributed by atoms with Crippen LogP contribution in [0.2, 0.25) is 0 Å². The molecule has 0 aromatic carbocycles. The van der Waals surface area contributed by atoms with E-state index in [1.165, 1.54) is 0 Å². The molecule has 92 valence electrons. The largest absolute Gasteiger partial charge is 0.461 e. The Kier molecular flexibility index (Phi) is 2.77. The second-order valence-corrected chi connectivity index (χ2v) is 4.45. The molecular formula is C12H11ClN4O. The van der Waals surface area contributed by atoms with Gasteiger partial charge in [-0.25, -0.2) is 4.98 Å². The van der Waals surface area contributed by atoms with E-state index in [0.29, 0.717) is 28.9 Å². The van der Waals surface area contributed by atoms with E-state index in [4.69, 9.17) is 21.8 Å². The summed E-state index contributed by atoms with van der Waals surface area (Å²) >= 11 is 5.98. The van der Waals surface area contributed by atoms with Crippen LogP contribution in [0.25, 0.3) is 17.2 Å². The lowest BCUT2D eigenvalue weighted by Gasteiger charge is -2.15. The van der Waals surface area contributed by atoms with Crippen molar-refractivity contribution >= 4 is 17.2 Å². The van der Waals surface area contributed by atoms with Crippen LogP contribution in [0.3, 0.4) is 0 Å². The summed E-state index contributed by atoms with van der Waals surface area (Å²) in [6.07, 6.45) is 5.96. The van der Waals surface area contributed by atoms with E-state index in [1.807, 2.05) is 12.1 Å². The zero-order valence-corrected chi connectivity index (χ0v) is 10.2. The maximum atomic E-state index is 6.01. The van der Waals surface area contributed by atoms with Gasteiger partial charge in [0.25, 0.3) is 0 Å². The molecule has 0 aliphatic heterocycles. The zero-order chi connectivity index (χ0) is 12.5. The number of H-pyrrole nitrogens is 1. The Balaban J connectivity index is 1.96. The monoisotopic (exact) mass is 262 g/mol. The van der Waals surface area contributed by atoms with E-state index in [0.717, 1.165) is 5.57 Å². The first kappa shape index (κ1) is 11.3. The van der Waals surface area contributed by atoms with Crippen LogP contribution in [0.5, 0.6) is 0 Å². The summed E-state index contributed by atoms with van der Waals surface area (Å²) in [6, 6.07) is 3.47. The summed E-state index contributed by atoms with van der Waals surface area (Å²) in [5.74, 6) is 1.77. The van der Waals surface area contributed by atoms with Crippen LogP contribution in [-0.4, -0.2) is 21.2 Å². The van der Waals surface area contributed by atoms with Crippen molar-refractivity contribution in [3.63, 3.8) is 0 Å². The fraction of sp³-hybridized carbons (Fsp3) is 0.167. The van der Waals surface area contributed by atoms with E-state index in [1.54, 1.807) is 18.4 Å². The Labute approximate surface area is 108 Å². The molecule has 0 spiro atoms. The van der Waals surface area contributed by atoms with Crippen molar-refractivity contribution in [2.24, 2.45) is 5.73 Å². The van der Waals surface area contributed by atoms with Crippen LogP contribution in [0.4, 0.5) is 0 Å².